The maximum atomic E-state index is 12.4. The first-order valence-electron chi connectivity index (χ1n) is 8.69. The van der Waals surface area contributed by atoms with Crippen molar-refractivity contribution in [2.75, 3.05) is 0 Å². The van der Waals surface area contributed by atoms with Crippen molar-refractivity contribution in [3.63, 3.8) is 0 Å². The fourth-order valence-corrected chi connectivity index (χ4v) is 3.48. The van der Waals surface area contributed by atoms with Crippen LogP contribution in [0, 0.1) is 0 Å². The summed E-state index contributed by atoms with van der Waals surface area (Å²) >= 11 is 1.28. The van der Waals surface area contributed by atoms with Gasteiger partial charge in [0.05, 0.1) is 17.0 Å². The zero-order valence-corrected chi connectivity index (χ0v) is 15.5. The fourth-order valence-electron chi connectivity index (χ4n) is 2.54. The molecule has 3 amide bonds. The number of urea groups is 1. The smallest absolute Gasteiger partial charge is 0.321 e. The van der Waals surface area contributed by atoms with Crippen LogP contribution < -0.4 is 10.6 Å². The Morgan fingerprint density at radius 1 is 1.19 bits per heavy atom. The van der Waals surface area contributed by atoms with Crippen molar-refractivity contribution in [2.45, 2.75) is 36.1 Å². The van der Waals surface area contributed by atoms with E-state index in [2.05, 4.69) is 20.6 Å². The number of fused-ring (bicyclic) bond motifs is 1. The molecule has 0 radical (unpaired) electrons. The number of hydrogen-bond donors (Lipinski definition) is 2. The summed E-state index contributed by atoms with van der Waals surface area (Å²) in [6.45, 7) is 1.74. The number of rotatable bonds is 5. The van der Waals surface area contributed by atoms with Crippen molar-refractivity contribution in [1.82, 2.24) is 20.6 Å². The van der Waals surface area contributed by atoms with Gasteiger partial charge >= 0.3 is 6.03 Å². The van der Waals surface area contributed by atoms with E-state index < -0.39 is 11.3 Å². The number of nitrogens with one attached hydrogen (secondary N) is 2. The second kappa shape index (κ2) is 7.40. The molecule has 0 aliphatic heterocycles. The van der Waals surface area contributed by atoms with Crippen LogP contribution in [0.1, 0.15) is 19.8 Å². The van der Waals surface area contributed by atoms with E-state index in [1.54, 1.807) is 25.3 Å². The van der Waals surface area contributed by atoms with E-state index in [-0.39, 0.29) is 11.9 Å². The summed E-state index contributed by atoms with van der Waals surface area (Å²) in [7, 11) is 0. The van der Waals surface area contributed by atoms with Gasteiger partial charge in [0.25, 0.3) is 0 Å². The van der Waals surface area contributed by atoms with E-state index in [1.807, 2.05) is 24.3 Å². The lowest BCUT2D eigenvalue weighted by atomic mass is 10.2. The largest absolute Gasteiger partial charge is 0.461 e. The van der Waals surface area contributed by atoms with Gasteiger partial charge in [0.1, 0.15) is 5.03 Å². The molecule has 1 unspecified atom stereocenters. The highest BCUT2D eigenvalue weighted by molar-refractivity contribution is 8.00. The Bertz CT molecular complexity index is 986. The predicted molar refractivity (Wildman–Crippen MR) is 102 cm³/mol. The zero-order valence-electron chi connectivity index (χ0n) is 14.6. The average molecular weight is 382 g/mol. The van der Waals surface area contributed by atoms with E-state index in [0.717, 1.165) is 23.7 Å². The summed E-state index contributed by atoms with van der Waals surface area (Å²) < 4.78 is 5.40. The standard InChI is InChI=1S/C19H18N4O3S/c1-11(17(24)23-19(25)20-12-8-9-12)27-18-13-5-2-3-6-14(13)21-16(22-18)15-7-4-10-26-15/h2-7,10-12H,8-9H2,1H3,(H2,20,23,24,25). The van der Waals surface area contributed by atoms with Crippen LogP contribution in [0.2, 0.25) is 0 Å². The normalized spacial score (nSPS) is 14.7. The van der Waals surface area contributed by atoms with E-state index >= 15 is 0 Å². The molecule has 2 aromatic heterocycles. The molecular formula is C19H18N4O3S. The number of thioether (sulfide) groups is 1. The van der Waals surface area contributed by atoms with Crippen molar-refractivity contribution in [1.29, 1.82) is 0 Å². The summed E-state index contributed by atoms with van der Waals surface area (Å²) in [5.41, 5.74) is 0.764. The van der Waals surface area contributed by atoms with E-state index in [1.165, 1.54) is 11.8 Å². The zero-order chi connectivity index (χ0) is 18.8. The summed E-state index contributed by atoms with van der Waals surface area (Å²) in [6.07, 6.45) is 3.50. The van der Waals surface area contributed by atoms with Crippen LogP contribution in [0.25, 0.3) is 22.5 Å². The summed E-state index contributed by atoms with van der Waals surface area (Å²) in [4.78, 5) is 33.3. The van der Waals surface area contributed by atoms with Crippen molar-refractivity contribution in [2.24, 2.45) is 0 Å². The van der Waals surface area contributed by atoms with Gasteiger partial charge in [-0.05, 0) is 38.0 Å². The molecule has 4 rings (SSSR count). The number of amides is 3. The molecule has 1 aliphatic carbocycles. The van der Waals surface area contributed by atoms with E-state index in [0.29, 0.717) is 16.6 Å². The second-order valence-electron chi connectivity index (χ2n) is 6.34. The minimum atomic E-state index is -0.502. The van der Waals surface area contributed by atoms with Crippen molar-refractivity contribution in [3.05, 3.63) is 42.7 Å². The molecule has 1 atom stereocenters. The monoisotopic (exact) mass is 382 g/mol. The first kappa shape index (κ1) is 17.5. The number of nitrogens with zero attached hydrogens (tertiary/aromatic N) is 2. The minimum absolute atomic E-state index is 0.197. The van der Waals surface area contributed by atoms with E-state index in [9.17, 15) is 9.59 Å². The van der Waals surface area contributed by atoms with Crippen molar-refractivity contribution >= 4 is 34.6 Å². The lowest BCUT2D eigenvalue weighted by molar-refractivity contribution is -0.119. The van der Waals surface area contributed by atoms with Crippen LogP contribution in [-0.4, -0.2) is 33.2 Å². The number of carbonyl (C=O) groups is 2. The van der Waals surface area contributed by atoms with Gasteiger partial charge in [-0.15, -0.1) is 0 Å². The van der Waals surface area contributed by atoms with E-state index in [4.69, 9.17) is 4.42 Å². The SMILES string of the molecule is CC(Sc1nc(-c2ccco2)nc2ccccc12)C(=O)NC(=O)NC1CC1. The number of para-hydroxylation sites is 1. The van der Waals surface area contributed by atoms with Gasteiger partial charge in [0.15, 0.2) is 11.6 Å². The van der Waals surface area contributed by atoms with Crippen molar-refractivity contribution < 1.29 is 14.0 Å². The highest BCUT2D eigenvalue weighted by Gasteiger charge is 2.25. The minimum Gasteiger partial charge on any atom is -0.461 e. The van der Waals surface area contributed by atoms with Crippen LogP contribution in [0.4, 0.5) is 4.79 Å². The van der Waals surface area contributed by atoms with Crippen LogP contribution in [-0.2, 0) is 4.79 Å². The number of imide groups is 1. The molecule has 8 heteroatoms. The molecule has 3 aromatic rings. The van der Waals surface area contributed by atoms with Gasteiger partial charge in [-0.2, -0.15) is 0 Å². The third-order valence-electron chi connectivity index (χ3n) is 4.12. The van der Waals surface area contributed by atoms with Gasteiger partial charge in [0, 0.05) is 11.4 Å². The predicted octanol–water partition coefficient (Wildman–Crippen LogP) is 3.36. The van der Waals surface area contributed by atoms with Crippen LogP contribution >= 0.6 is 11.8 Å². The second-order valence-corrected chi connectivity index (χ2v) is 7.67. The molecule has 7 nitrogen and oxygen atoms in total. The Morgan fingerprint density at radius 2 is 2.00 bits per heavy atom. The molecule has 2 N–H and O–H groups in total. The quantitative estimate of drug-likeness (QED) is 0.519. The Hall–Kier alpha value is -2.87. The molecule has 138 valence electrons. The Kier molecular flexibility index (Phi) is 4.81. The van der Waals surface area contributed by atoms with Gasteiger partial charge < -0.3 is 9.73 Å². The van der Waals surface area contributed by atoms with Gasteiger partial charge in [-0.25, -0.2) is 14.8 Å². The molecule has 0 spiro atoms. The average Bonchev–Trinajstić information content (AvgIpc) is 3.29. The van der Waals surface area contributed by atoms with Crippen LogP contribution in [0.5, 0.6) is 0 Å². The third-order valence-corrected chi connectivity index (χ3v) is 5.22. The Labute approximate surface area is 159 Å². The van der Waals surface area contributed by atoms with Crippen LogP contribution in [0.3, 0.4) is 0 Å². The maximum absolute atomic E-state index is 12.4. The molecule has 2 heterocycles. The topological polar surface area (TPSA) is 97.1 Å². The fraction of sp³-hybridized carbons (Fsp3) is 0.263. The van der Waals surface area contributed by atoms with Gasteiger partial charge in [-0.3, -0.25) is 10.1 Å². The highest BCUT2D eigenvalue weighted by Crippen LogP contribution is 2.31. The summed E-state index contributed by atoms with van der Waals surface area (Å²) in [6, 6.07) is 10.9. The first-order valence-corrected chi connectivity index (χ1v) is 9.57. The van der Waals surface area contributed by atoms with Crippen molar-refractivity contribution in [3.8, 4) is 11.6 Å². The molecule has 1 aromatic carbocycles. The third kappa shape index (κ3) is 4.11. The number of furan rings is 1. The number of benzene rings is 1. The molecular weight excluding hydrogens is 364 g/mol. The molecule has 1 aliphatic rings. The summed E-state index contributed by atoms with van der Waals surface area (Å²) in [5, 5.41) is 6.14. The lowest BCUT2D eigenvalue weighted by Gasteiger charge is -2.13. The molecule has 1 saturated carbocycles. The number of aromatic nitrogens is 2. The number of carbonyl (C=O) groups excluding carboxylic acids is 2. The van der Waals surface area contributed by atoms with Gasteiger partial charge in [-0.1, -0.05) is 30.0 Å². The number of hydrogen-bond acceptors (Lipinski definition) is 6. The highest BCUT2D eigenvalue weighted by atomic mass is 32.2. The Balaban J connectivity index is 1.56. The molecule has 1 fully saturated rings. The lowest BCUT2D eigenvalue weighted by Crippen LogP contribution is -2.43. The van der Waals surface area contributed by atoms with Crippen LogP contribution in [0.15, 0.2) is 52.1 Å². The molecule has 0 bridgehead atoms. The molecule has 27 heavy (non-hydrogen) atoms. The summed E-state index contributed by atoms with van der Waals surface area (Å²) in [5.74, 6) is 0.657. The van der Waals surface area contributed by atoms with Gasteiger partial charge in [0.2, 0.25) is 5.91 Å². The molecule has 0 saturated heterocycles. The Morgan fingerprint density at radius 3 is 2.74 bits per heavy atom. The first-order chi connectivity index (χ1) is 13.1. The maximum Gasteiger partial charge on any atom is 0.321 e.